The van der Waals surface area contributed by atoms with Crippen molar-refractivity contribution in [3.05, 3.63) is 35.9 Å². The van der Waals surface area contributed by atoms with Gasteiger partial charge in [-0.15, -0.1) is 0 Å². The summed E-state index contributed by atoms with van der Waals surface area (Å²) in [6.45, 7) is 6.57. The second kappa shape index (κ2) is 11.9. The van der Waals surface area contributed by atoms with Gasteiger partial charge in [-0.05, 0) is 18.5 Å². The van der Waals surface area contributed by atoms with Crippen molar-refractivity contribution in [1.29, 1.82) is 0 Å². The number of likely N-dealkylation sites (N-methyl/N-ethyl adjacent to an activating group) is 1. The van der Waals surface area contributed by atoms with Crippen LogP contribution in [0.3, 0.4) is 0 Å². The van der Waals surface area contributed by atoms with Gasteiger partial charge in [-0.2, -0.15) is 0 Å². The third-order valence-electron chi connectivity index (χ3n) is 2.93. The maximum absolute atomic E-state index is 5.92. The summed E-state index contributed by atoms with van der Waals surface area (Å²) < 4.78 is 16.4. The van der Waals surface area contributed by atoms with Gasteiger partial charge in [0, 0.05) is 26.9 Å². The Labute approximate surface area is 122 Å². The largest absolute Gasteiger partial charge is 0.385 e. The Kier molecular flexibility index (Phi) is 10.1. The molecule has 0 fully saturated rings. The van der Waals surface area contributed by atoms with Crippen molar-refractivity contribution in [3.63, 3.8) is 0 Å². The van der Waals surface area contributed by atoms with Gasteiger partial charge in [-0.3, -0.25) is 0 Å². The Balaban J connectivity index is 2.24. The van der Waals surface area contributed by atoms with Crippen LogP contribution in [0, 0.1) is 0 Å². The van der Waals surface area contributed by atoms with Gasteiger partial charge in [-0.25, -0.2) is 0 Å². The second-order valence-corrected chi connectivity index (χ2v) is 4.54. The zero-order chi connectivity index (χ0) is 14.5. The first-order valence-electron chi connectivity index (χ1n) is 7.32. The number of rotatable bonds is 12. The van der Waals surface area contributed by atoms with Gasteiger partial charge in [0.05, 0.1) is 19.3 Å². The average Bonchev–Trinajstić information content (AvgIpc) is 2.50. The van der Waals surface area contributed by atoms with Gasteiger partial charge in [0.2, 0.25) is 0 Å². The van der Waals surface area contributed by atoms with Crippen LogP contribution in [-0.2, 0) is 14.2 Å². The molecule has 4 nitrogen and oxygen atoms in total. The molecule has 0 radical (unpaired) electrons. The van der Waals surface area contributed by atoms with Crippen LogP contribution in [0.4, 0.5) is 0 Å². The van der Waals surface area contributed by atoms with E-state index in [0.29, 0.717) is 13.2 Å². The molecular weight excluding hydrogens is 254 g/mol. The van der Waals surface area contributed by atoms with Gasteiger partial charge in [-0.1, -0.05) is 37.3 Å². The molecule has 1 rings (SSSR count). The molecule has 0 aliphatic heterocycles. The molecule has 1 unspecified atom stereocenters. The van der Waals surface area contributed by atoms with Crippen LogP contribution in [-0.4, -0.2) is 46.6 Å². The summed E-state index contributed by atoms with van der Waals surface area (Å²) in [6.07, 6.45) is 1.01. The molecule has 0 aliphatic carbocycles. The Morgan fingerprint density at radius 3 is 2.55 bits per heavy atom. The molecule has 0 spiro atoms. The fourth-order valence-electron chi connectivity index (χ4n) is 1.87. The van der Waals surface area contributed by atoms with E-state index < -0.39 is 0 Å². The predicted octanol–water partition coefficient (Wildman–Crippen LogP) is 2.41. The Morgan fingerprint density at radius 1 is 1.05 bits per heavy atom. The summed E-state index contributed by atoms with van der Waals surface area (Å²) in [5, 5.41) is 3.33. The molecule has 20 heavy (non-hydrogen) atoms. The molecule has 114 valence electrons. The third kappa shape index (κ3) is 7.60. The van der Waals surface area contributed by atoms with Crippen molar-refractivity contribution in [2.24, 2.45) is 0 Å². The van der Waals surface area contributed by atoms with E-state index >= 15 is 0 Å². The summed E-state index contributed by atoms with van der Waals surface area (Å²) in [5.41, 5.74) is 1.20. The van der Waals surface area contributed by atoms with Gasteiger partial charge < -0.3 is 19.5 Å². The van der Waals surface area contributed by atoms with Crippen molar-refractivity contribution < 1.29 is 14.2 Å². The van der Waals surface area contributed by atoms with Gasteiger partial charge in [0.25, 0.3) is 0 Å². The number of hydrogen-bond donors (Lipinski definition) is 1. The molecule has 0 aliphatic rings. The third-order valence-corrected chi connectivity index (χ3v) is 2.93. The van der Waals surface area contributed by atoms with Crippen molar-refractivity contribution >= 4 is 0 Å². The summed E-state index contributed by atoms with van der Waals surface area (Å²) in [4.78, 5) is 0. The van der Waals surface area contributed by atoms with Crippen LogP contribution in [0.2, 0.25) is 0 Å². The second-order valence-electron chi connectivity index (χ2n) is 4.54. The lowest BCUT2D eigenvalue weighted by molar-refractivity contribution is 0.000940. The summed E-state index contributed by atoms with van der Waals surface area (Å²) in [7, 11) is 1.70. The standard InChI is InChI=1S/C16H27NO3/c1-3-17-14-16(15-8-5-4-6-9-15)20-13-12-19-11-7-10-18-2/h4-6,8-9,16-17H,3,7,10-14H2,1-2H3. The molecule has 1 atom stereocenters. The first-order chi connectivity index (χ1) is 9.88. The zero-order valence-corrected chi connectivity index (χ0v) is 12.6. The van der Waals surface area contributed by atoms with Crippen LogP contribution in [0.5, 0.6) is 0 Å². The molecule has 0 saturated carbocycles. The van der Waals surface area contributed by atoms with Gasteiger partial charge in [0.1, 0.15) is 0 Å². The molecule has 0 saturated heterocycles. The molecule has 0 bridgehead atoms. The first-order valence-corrected chi connectivity index (χ1v) is 7.32. The van der Waals surface area contributed by atoms with E-state index in [9.17, 15) is 0 Å². The molecule has 1 aromatic carbocycles. The lowest BCUT2D eigenvalue weighted by atomic mass is 10.1. The fraction of sp³-hybridized carbons (Fsp3) is 0.625. The van der Waals surface area contributed by atoms with E-state index in [1.54, 1.807) is 7.11 Å². The van der Waals surface area contributed by atoms with E-state index in [2.05, 4.69) is 24.4 Å². The molecular formula is C16H27NO3. The Hall–Kier alpha value is -0.940. The van der Waals surface area contributed by atoms with E-state index in [4.69, 9.17) is 14.2 Å². The number of benzene rings is 1. The maximum atomic E-state index is 5.92. The van der Waals surface area contributed by atoms with Crippen molar-refractivity contribution in [1.82, 2.24) is 5.32 Å². The number of ether oxygens (including phenoxy) is 3. The van der Waals surface area contributed by atoms with E-state index in [1.807, 2.05) is 18.2 Å². The monoisotopic (exact) mass is 281 g/mol. The smallest absolute Gasteiger partial charge is 0.0950 e. The minimum atomic E-state index is 0.0822. The number of methoxy groups -OCH3 is 1. The van der Waals surface area contributed by atoms with Crippen LogP contribution in [0.25, 0.3) is 0 Å². The molecule has 1 aromatic rings. The quantitative estimate of drug-likeness (QED) is 0.597. The SMILES string of the molecule is CCNCC(OCCOCCCOC)c1ccccc1. The first kappa shape index (κ1) is 17.1. The van der Waals surface area contributed by atoms with Crippen molar-refractivity contribution in [2.75, 3.05) is 46.6 Å². The summed E-state index contributed by atoms with van der Waals surface area (Å²) in [6, 6.07) is 10.3. The van der Waals surface area contributed by atoms with E-state index in [0.717, 1.165) is 32.7 Å². The van der Waals surface area contributed by atoms with Crippen molar-refractivity contribution in [2.45, 2.75) is 19.4 Å². The summed E-state index contributed by atoms with van der Waals surface area (Å²) >= 11 is 0. The van der Waals surface area contributed by atoms with Gasteiger partial charge in [0.15, 0.2) is 0 Å². The molecule has 0 amide bonds. The van der Waals surface area contributed by atoms with Crippen LogP contribution >= 0.6 is 0 Å². The lowest BCUT2D eigenvalue weighted by Gasteiger charge is -2.18. The highest BCUT2D eigenvalue weighted by atomic mass is 16.5. The highest BCUT2D eigenvalue weighted by molar-refractivity contribution is 5.17. The van der Waals surface area contributed by atoms with Gasteiger partial charge >= 0.3 is 0 Å². The topological polar surface area (TPSA) is 39.7 Å². The summed E-state index contributed by atoms with van der Waals surface area (Å²) in [5.74, 6) is 0. The molecule has 4 heteroatoms. The lowest BCUT2D eigenvalue weighted by Crippen LogP contribution is -2.24. The fourth-order valence-corrected chi connectivity index (χ4v) is 1.87. The number of hydrogen-bond acceptors (Lipinski definition) is 4. The minimum absolute atomic E-state index is 0.0822. The predicted molar refractivity (Wildman–Crippen MR) is 81.0 cm³/mol. The molecule has 1 N–H and O–H groups in total. The van der Waals surface area contributed by atoms with E-state index in [-0.39, 0.29) is 6.10 Å². The zero-order valence-electron chi connectivity index (χ0n) is 12.6. The maximum Gasteiger partial charge on any atom is 0.0950 e. The van der Waals surface area contributed by atoms with Crippen LogP contribution < -0.4 is 5.32 Å². The highest BCUT2D eigenvalue weighted by Crippen LogP contribution is 2.15. The van der Waals surface area contributed by atoms with E-state index in [1.165, 1.54) is 5.56 Å². The Morgan fingerprint density at radius 2 is 1.85 bits per heavy atom. The van der Waals surface area contributed by atoms with Crippen LogP contribution in [0.15, 0.2) is 30.3 Å². The minimum Gasteiger partial charge on any atom is -0.385 e. The number of nitrogens with one attached hydrogen (secondary N) is 1. The normalized spacial score (nSPS) is 12.5. The average molecular weight is 281 g/mol. The molecule has 0 aromatic heterocycles. The Bertz CT molecular complexity index is 319. The van der Waals surface area contributed by atoms with Crippen LogP contribution in [0.1, 0.15) is 25.0 Å². The molecule has 0 heterocycles. The highest BCUT2D eigenvalue weighted by Gasteiger charge is 2.10. The van der Waals surface area contributed by atoms with Crippen molar-refractivity contribution in [3.8, 4) is 0 Å².